The van der Waals surface area contributed by atoms with E-state index in [2.05, 4.69) is 10.3 Å². The lowest BCUT2D eigenvalue weighted by atomic mass is 9.91. The van der Waals surface area contributed by atoms with Gasteiger partial charge in [0.25, 0.3) is 5.91 Å². The Balaban J connectivity index is 1.91. The Morgan fingerprint density at radius 1 is 1.12 bits per heavy atom. The highest BCUT2D eigenvalue weighted by atomic mass is 35.5. The summed E-state index contributed by atoms with van der Waals surface area (Å²) in [6.07, 6.45) is 0. The molecule has 2 N–H and O–H groups in total. The van der Waals surface area contributed by atoms with Crippen LogP contribution in [0.3, 0.4) is 0 Å². The molecule has 1 amide bonds. The molecule has 4 nitrogen and oxygen atoms in total. The van der Waals surface area contributed by atoms with E-state index in [1.54, 1.807) is 32.0 Å². The summed E-state index contributed by atoms with van der Waals surface area (Å²) in [5, 5.41) is 14.8. The Kier molecular flexibility index (Phi) is 4.75. The third kappa shape index (κ3) is 3.98. The minimum atomic E-state index is -1.13. The fourth-order valence-electron chi connectivity index (χ4n) is 2.74. The predicted molar refractivity (Wildman–Crippen MR) is 99.7 cm³/mol. The lowest BCUT2D eigenvalue weighted by Crippen LogP contribution is -2.42. The van der Waals surface area contributed by atoms with Crippen molar-refractivity contribution >= 4 is 28.4 Å². The average Bonchev–Trinajstić information content (AvgIpc) is 2.58. The van der Waals surface area contributed by atoms with E-state index in [9.17, 15) is 9.90 Å². The molecule has 0 aliphatic rings. The Morgan fingerprint density at radius 3 is 2.48 bits per heavy atom. The van der Waals surface area contributed by atoms with E-state index >= 15 is 0 Å². The molecule has 5 heteroatoms. The molecule has 3 aromatic rings. The van der Waals surface area contributed by atoms with Crippen molar-refractivity contribution in [3.8, 4) is 0 Å². The molecule has 0 spiro atoms. The number of aromatic nitrogens is 1. The van der Waals surface area contributed by atoms with E-state index < -0.39 is 11.6 Å². The molecule has 2 aromatic carbocycles. The van der Waals surface area contributed by atoms with Gasteiger partial charge in [-0.05, 0) is 37.6 Å². The number of carbonyl (C=O) groups excluding carboxylic acids is 1. The highest BCUT2D eigenvalue weighted by Gasteiger charge is 2.30. The molecule has 0 saturated carbocycles. The van der Waals surface area contributed by atoms with E-state index in [1.165, 1.54) is 0 Å². The first-order chi connectivity index (χ1) is 11.8. The summed E-state index contributed by atoms with van der Waals surface area (Å²) < 4.78 is 0. The van der Waals surface area contributed by atoms with Crippen molar-refractivity contribution < 1.29 is 9.90 Å². The number of pyridine rings is 1. The number of amides is 1. The topological polar surface area (TPSA) is 62.2 Å². The van der Waals surface area contributed by atoms with Crippen LogP contribution in [0.1, 0.15) is 35.9 Å². The molecule has 3 rings (SSSR count). The van der Waals surface area contributed by atoms with E-state index in [1.807, 2.05) is 42.5 Å². The van der Waals surface area contributed by atoms with Crippen molar-refractivity contribution in [1.29, 1.82) is 0 Å². The highest BCUT2D eigenvalue weighted by molar-refractivity contribution is 6.31. The lowest BCUT2D eigenvalue weighted by molar-refractivity contribution is 0.0342. The zero-order valence-corrected chi connectivity index (χ0v) is 14.8. The fraction of sp³-hybridized carbons (Fsp3) is 0.200. The summed E-state index contributed by atoms with van der Waals surface area (Å²) in [6.45, 7) is 3.33. The zero-order valence-electron chi connectivity index (χ0n) is 14.0. The van der Waals surface area contributed by atoms with Gasteiger partial charge in [-0.25, -0.2) is 4.98 Å². The van der Waals surface area contributed by atoms with Crippen LogP contribution in [0.2, 0.25) is 5.02 Å². The maximum absolute atomic E-state index is 12.7. The molecule has 1 atom stereocenters. The van der Waals surface area contributed by atoms with Crippen molar-refractivity contribution in [3.63, 3.8) is 0 Å². The molecule has 0 saturated heterocycles. The number of halogens is 1. The number of aliphatic hydroxyl groups is 1. The van der Waals surface area contributed by atoms with Gasteiger partial charge in [-0.15, -0.1) is 0 Å². The van der Waals surface area contributed by atoms with Crippen LogP contribution in [0.25, 0.3) is 10.9 Å². The van der Waals surface area contributed by atoms with Gasteiger partial charge in [0.1, 0.15) is 5.69 Å². The molecule has 128 valence electrons. The number of hydrogen-bond acceptors (Lipinski definition) is 3. The van der Waals surface area contributed by atoms with Crippen molar-refractivity contribution in [1.82, 2.24) is 10.3 Å². The zero-order chi connectivity index (χ0) is 18.0. The number of fused-ring (bicyclic) bond motifs is 1. The highest BCUT2D eigenvalue weighted by Crippen LogP contribution is 2.26. The standard InChI is InChI=1S/C20H19ClN2O2/c1-20(2,25)18(14-6-4-3-5-7-14)23-19(24)16-11-9-13-8-10-15(21)12-17(13)22-16/h3-12,18,25H,1-2H3,(H,23,24). The number of carbonyl (C=O) groups is 1. The minimum Gasteiger partial charge on any atom is -0.388 e. The smallest absolute Gasteiger partial charge is 0.270 e. The number of benzene rings is 2. The maximum Gasteiger partial charge on any atom is 0.270 e. The van der Waals surface area contributed by atoms with E-state index in [4.69, 9.17) is 11.6 Å². The molecule has 25 heavy (non-hydrogen) atoms. The molecule has 0 aliphatic heterocycles. The minimum absolute atomic E-state index is 0.278. The summed E-state index contributed by atoms with van der Waals surface area (Å²) in [7, 11) is 0. The number of nitrogens with one attached hydrogen (secondary N) is 1. The number of rotatable bonds is 4. The van der Waals surface area contributed by atoms with Crippen LogP contribution in [0.4, 0.5) is 0 Å². The molecular weight excluding hydrogens is 336 g/mol. The van der Waals surface area contributed by atoms with Gasteiger partial charge in [-0.2, -0.15) is 0 Å². The normalized spacial score (nSPS) is 12.8. The third-order valence-corrected chi connectivity index (χ3v) is 4.24. The average molecular weight is 355 g/mol. The Labute approximate surface area is 151 Å². The number of hydrogen-bond donors (Lipinski definition) is 2. The summed E-state index contributed by atoms with van der Waals surface area (Å²) in [5.41, 5.74) is 0.628. The Morgan fingerprint density at radius 2 is 1.80 bits per heavy atom. The molecule has 0 aliphatic carbocycles. The molecule has 0 fully saturated rings. The van der Waals surface area contributed by atoms with Crippen molar-refractivity contribution in [2.45, 2.75) is 25.5 Å². The van der Waals surface area contributed by atoms with Crippen molar-refractivity contribution in [2.75, 3.05) is 0 Å². The van der Waals surface area contributed by atoms with Gasteiger partial charge in [0.2, 0.25) is 0 Å². The molecule has 1 heterocycles. The lowest BCUT2D eigenvalue weighted by Gasteiger charge is -2.30. The van der Waals surface area contributed by atoms with Gasteiger partial charge in [0, 0.05) is 10.4 Å². The number of nitrogens with zero attached hydrogens (tertiary/aromatic N) is 1. The quantitative estimate of drug-likeness (QED) is 0.740. The molecule has 1 aromatic heterocycles. The van der Waals surface area contributed by atoms with Crippen LogP contribution >= 0.6 is 11.6 Å². The molecule has 1 unspecified atom stereocenters. The molecular formula is C20H19ClN2O2. The van der Waals surface area contributed by atoms with Crippen LogP contribution in [0, 0.1) is 0 Å². The third-order valence-electron chi connectivity index (χ3n) is 4.00. The SMILES string of the molecule is CC(C)(O)C(NC(=O)c1ccc2ccc(Cl)cc2n1)c1ccccc1. The first kappa shape index (κ1) is 17.4. The first-order valence-electron chi connectivity index (χ1n) is 7.99. The second kappa shape index (κ2) is 6.82. The van der Waals surface area contributed by atoms with Gasteiger partial charge >= 0.3 is 0 Å². The van der Waals surface area contributed by atoms with Gasteiger partial charge in [0.15, 0.2) is 0 Å². The van der Waals surface area contributed by atoms with Gasteiger partial charge in [0.05, 0.1) is 17.2 Å². The van der Waals surface area contributed by atoms with E-state index in [-0.39, 0.29) is 11.6 Å². The van der Waals surface area contributed by atoms with Crippen LogP contribution in [0.5, 0.6) is 0 Å². The summed E-state index contributed by atoms with van der Waals surface area (Å²) in [6, 6.07) is 17.7. The molecule has 0 radical (unpaired) electrons. The van der Waals surface area contributed by atoms with Gasteiger partial charge < -0.3 is 10.4 Å². The second-order valence-corrected chi connectivity index (χ2v) is 6.94. The maximum atomic E-state index is 12.7. The van der Waals surface area contributed by atoms with Crippen molar-refractivity contribution in [2.24, 2.45) is 0 Å². The van der Waals surface area contributed by atoms with E-state index in [0.29, 0.717) is 10.5 Å². The van der Waals surface area contributed by atoms with Gasteiger partial charge in [-0.3, -0.25) is 4.79 Å². The Hall–Kier alpha value is -2.43. The first-order valence-corrected chi connectivity index (χ1v) is 8.37. The molecule has 0 bridgehead atoms. The van der Waals surface area contributed by atoms with Crippen LogP contribution < -0.4 is 5.32 Å². The fourth-order valence-corrected chi connectivity index (χ4v) is 2.90. The summed E-state index contributed by atoms with van der Waals surface area (Å²) in [5.74, 6) is -0.349. The van der Waals surface area contributed by atoms with E-state index in [0.717, 1.165) is 10.9 Å². The largest absolute Gasteiger partial charge is 0.388 e. The van der Waals surface area contributed by atoms with Crippen molar-refractivity contribution in [3.05, 3.63) is 76.9 Å². The summed E-state index contributed by atoms with van der Waals surface area (Å²) in [4.78, 5) is 17.1. The summed E-state index contributed by atoms with van der Waals surface area (Å²) >= 11 is 6.00. The van der Waals surface area contributed by atoms with Crippen LogP contribution in [-0.4, -0.2) is 21.6 Å². The monoisotopic (exact) mass is 354 g/mol. The Bertz CT molecular complexity index is 904. The van der Waals surface area contributed by atoms with Crippen LogP contribution in [0.15, 0.2) is 60.7 Å². The van der Waals surface area contributed by atoms with Crippen LogP contribution in [-0.2, 0) is 0 Å². The van der Waals surface area contributed by atoms with Gasteiger partial charge in [-0.1, -0.05) is 54.1 Å². The second-order valence-electron chi connectivity index (χ2n) is 6.50. The predicted octanol–water partition coefficient (Wildman–Crippen LogP) is 4.13.